The average Bonchev–Trinajstić information content (AvgIpc) is 3.67. The van der Waals surface area contributed by atoms with Crippen LogP contribution in [0.3, 0.4) is 0 Å². The fraction of sp³-hybridized carbons (Fsp3) is 0. The highest BCUT2D eigenvalue weighted by Gasteiger charge is 2.42. The van der Waals surface area contributed by atoms with Crippen LogP contribution in [0.1, 0.15) is 38.9 Å². The Kier molecular flexibility index (Phi) is 7.48. The Morgan fingerprint density at radius 3 is 1.38 bits per heavy atom. The van der Waals surface area contributed by atoms with Gasteiger partial charge in [0.15, 0.2) is 5.69 Å². The summed E-state index contributed by atoms with van der Waals surface area (Å²) >= 11 is 0. The van der Waals surface area contributed by atoms with Gasteiger partial charge in [0.25, 0.3) is 11.4 Å². The zero-order chi connectivity index (χ0) is 35.7. The van der Waals surface area contributed by atoms with Crippen LogP contribution in [-0.2, 0) is 0 Å². The van der Waals surface area contributed by atoms with Gasteiger partial charge in [-0.1, -0.05) is 42.5 Å². The number of rotatable bonds is 2. The molecule has 6 rings (SSSR count). The monoisotopic (exact) mass is 630 g/mol. The van der Waals surface area contributed by atoms with Crippen molar-refractivity contribution in [3.05, 3.63) is 168 Å². The molecule has 0 unspecified atom stereocenters. The third-order valence-electron chi connectivity index (χ3n) is 8.36. The van der Waals surface area contributed by atoms with Gasteiger partial charge in [-0.2, -0.15) is 15.8 Å². The van der Waals surface area contributed by atoms with Crippen LogP contribution in [0.4, 0.5) is 17.1 Å². The van der Waals surface area contributed by atoms with Crippen molar-refractivity contribution in [2.24, 2.45) is 0 Å². The van der Waals surface area contributed by atoms with Gasteiger partial charge < -0.3 is 0 Å². The second-order valence-electron chi connectivity index (χ2n) is 10.6. The highest BCUT2D eigenvalue weighted by atomic mass is 14.8. The minimum absolute atomic E-state index is 0.0284. The lowest BCUT2D eigenvalue weighted by molar-refractivity contribution is 1.43. The first kappa shape index (κ1) is 31.0. The van der Waals surface area contributed by atoms with E-state index in [1.54, 1.807) is 36.4 Å². The molecule has 10 heteroatoms. The molecule has 4 aromatic rings. The first-order valence-electron chi connectivity index (χ1n) is 14.2. The van der Waals surface area contributed by atoms with Crippen molar-refractivity contribution in [1.82, 2.24) is 0 Å². The van der Waals surface area contributed by atoms with E-state index in [0.717, 1.165) is 0 Å². The largest absolute Gasteiger partial charge is 0.270 e. The van der Waals surface area contributed by atoms with Gasteiger partial charge in [0.1, 0.15) is 0 Å². The maximum atomic E-state index is 10.3. The van der Waals surface area contributed by atoms with Crippen LogP contribution < -0.4 is 0 Å². The van der Waals surface area contributed by atoms with E-state index < -0.39 is 0 Å². The zero-order valence-electron chi connectivity index (χ0n) is 25.2. The van der Waals surface area contributed by atoms with Gasteiger partial charge in [-0.15, -0.1) is 0 Å². The number of nitrogens with zero attached hydrogens (tertiary/aromatic N) is 10. The molecule has 0 atom stereocenters. The van der Waals surface area contributed by atoms with Crippen LogP contribution in [0.2, 0.25) is 0 Å². The van der Waals surface area contributed by atoms with Crippen LogP contribution in [-0.4, -0.2) is 0 Å². The Bertz CT molecular complexity index is 2560. The number of hydrogen-bond donors (Lipinski definition) is 0. The van der Waals surface area contributed by atoms with Crippen LogP contribution in [0.5, 0.6) is 0 Å². The van der Waals surface area contributed by atoms with Crippen LogP contribution in [0.15, 0.2) is 72.1 Å². The lowest BCUT2D eigenvalue weighted by atomic mass is 9.85. The Morgan fingerprint density at radius 1 is 0.520 bits per heavy atom. The molecule has 0 amide bonds. The van der Waals surface area contributed by atoms with E-state index >= 15 is 0 Å². The fourth-order valence-electron chi connectivity index (χ4n) is 6.46. The quantitative estimate of drug-likeness (QED) is 0.160. The van der Waals surface area contributed by atoms with Crippen LogP contribution >= 0.6 is 0 Å². The summed E-state index contributed by atoms with van der Waals surface area (Å²) in [7, 11) is 0. The SMILES string of the molecule is [C-]#[N+]/C(C#N)=C1C2=C(/C(=C(\C#N)[N+]#[C-])c3cccc(-c4cc(C#N)c(C#N)c([N+]#[C-])c4)c32)c2c\1cccc2-c1cc(C#N)c([N+]#[C-])c([N+]#[C-])c1. The summed E-state index contributed by atoms with van der Waals surface area (Å²) in [4.78, 5) is 17.4. The molecule has 0 fully saturated rings. The van der Waals surface area contributed by atoms with E-state index in [4.69, 9.17) is 32.9 Å². The lowest BCUT2D eigenvalue weighted by Gasteiger charge is -2.18. The van der Waals surface area contributed by atoms with E-state index in [2.05, 4.69) is 24.2 Å². The summed E-state index contributed by atoms with van der Waals surface area (Å²) in [6, 6.07) is 25.9. The molecular formula is C40H10N10. The van der Waals surface area contributed by atoms with Crippen LogP contribution in [0, 0.1) is 89.5 Å². The Balaban J connectivity index is 1.84. The van der Waals surface area contributed by atoms with Gasteiger partial charge in [0.2, 0.25) is 11.4 Å². The molecular weight excluding hydrogens is 621 g/mol. The Hall–Kier alpha value is -9.00. The van der Waals surface area contributed by atoms with E-state index in [0.29, 0.717) is 55.7 Å². The molecule has 0 aromatic heterocycles. The van der Waals surface area contributed by atoms with Gasteiger partial charge in [0.05, 0.1) is 74.3 Å². The number of nitriles is 5. The smallest absolute Gasteiger partial charge is 0.250 e. The average molecular weight is 631 g/mol. The highest BCUT2D eigenvalue weighted by Crippen LogP contribution is 2.62. The first-order valence-corrected chi connectivity index (χ1v) is 14.2. The number of benzene rings is 4. The Labute approximate surface area is 285 Å². The predicted octanol–water partition coefficient (Wildman–Crippen LogP) is 9.53. The molecule has 0 bridgehead atoms. The first-order chi connectivity index (χ1) is 24.4. The number of fused-ring (bicyclic) bond motifs is 4. The van der Waals surface area contributed by atoms with E-state index in [1.807, 2.05) is 30.3 Å². The van der Waals surface area contributed by atoms with Crippen molar-refractivity contribution in [3.63, 3.8) is 0 Å². The number of hydrogen-bond acceptors (Lipinski definition) is 5. The fourth-order valence-corrected chi connectivity index (χ4v) is 6.46. The number of allylic oxidation sites excluding steroid dienone is 6. The second-order valence-corrected chi connectivity index (χ2v) is 10.6. The highest BCUT2D eigenvalue weighted by molar-refractivity contribution is 6.39. The third kappa shape index (κ3) is 4.26. The van der Waals surface area contributed by atoms with Crippen molar-refractivity contribution in [3.8, 4) is 52.6 Å². The van der Waals surface area contributed by atoms with E-state index in [1.165, 1.54) is 24.3 Å². The zero-order valence-corrected chi connectivity index (χ0v) is 25.2. The molecule has 2 aliphatic rings. The maximum Gasteiger partial charge on any atom is 0.270 e. The second kappa shape index (κ2) is 12.1. The lowest BCUT2D eigenvalue weighted by Crippen LogP contribution is -1.99. The van der Waals surface area contributed by atoms with Gasteiger partial charge in [0, 0.05) is 16.7 Å². The molecule has 0 radical (unpaired) electrons. The summed E-state index contributed by atoms with van der Waals surface area (Å²) in [5.74, 6) is 0. The summed E-state index contributed by atoms with van der Waals surface area (Å²) in [6.07, 6.45) is 0. The van der Waals surface area contributed by atoms with E-state index in [-0.39, 0.29) is 56.3 Å². The minimum atomic E-state index is -0.279. The molecule has 0 spiro atoms. The normalized spacial score (nSPS) is 13.4. The van der Waals surface area contributed by atoms with Crippen LogP contribution in [0.25, 0.3) is 68.8 Å². The molecule has 0 saturated heterocycles. The van der Waals surface area contributed by atoms with Gasteiger partial charge in [-0.3, -0.25) is 4.85 Å². The molecule has 50 heavy (non-hydrogen) atoms. The third-order valence-corrected chi connectivity index (χ3v) is 8.36. The minimum Gasteiger partial charge on any atom is -0.250 e. The molecule has 0 heterocycles. The van der Waals surface area contributed by atoms with Gasteiger partial charge in [-0.25, -0.2) is 29.9 Å². The predicted molar refractivity (Wildman–Crippen MR) is 182 cm³/mol. The molecule has 220 valence electrons. The molecule has 0 N–H and O–H groups in total. The molecule has 10 nitrogen and oxygen atoms in total. The van der Waals surface area contributed by atoms with Crippen molar-refractivity contribution < 1.29 is 0 Å². The maximum absolute atomic E-state index is 10.3. The van der Waals surface area contributed by atoms with Crippen molar-refractivity contribution >= 4 is 39.4 Å². The molecule has 0 aliphatic heterocycles. The summed E-state index contributed by atoms with van der Waals surface area (Å²) in [6.45, 7) is 38.8. The summed E-state index contributed by atoms with van der Waals surface area (Å²) in [5.41, 5.74) is 3.69. The van der Waals surface area contributed by atoms with Gasteiger partial charge in [-0.05, 0) is 73.9 Å². The van der Waals surface area contributed by atoms with Gasteiger partial charge >= 0.3 is 0 Å². The van der Waals surface area contributed by atoms with Crippen molar-refractivity contribution in [2.45, 2.75) is 0 Å². The summed E-state index contributed by atoms with van der Waals surface area (Å²) in [5, 5.41) is 50.0. The van der Waals surface area contributed by atoms with Crippen molar-refractivity contribution in [2.75, 3.05) is 0 Å². The summed E-state index contributed by atoms with van der Waals surface area (Å²) < 4.78 is 0. The van der Waals surface area contributed by atoms with Crippen molar-refractivity contribution in [1.29, 1.82) is 26.3 Å². The standard InChI is InChI=1S/C40H10N10/c1-46-30-14-21(12-23(16-41)29(30)18-43)25-8-6-10-27-34(25)38-37(33(20-45)49-4)28-11-7-9-26(35(28)39(38)36(27)32(19-44)48-3)22-13-24(17-42)40(50-5)31(15-22)47-2/h6-15H/b36-32+,37-33-. The molecule has 0 saturated carbocycles. The molecule has 4 aromatic carbocycles. The Morgan fingerprint density at radius 2 is 0.980 bits per heavy atom. The van der Waals surface area contributed by atoms with E-state index in [9.17, 15) is 26.3 Å². The topological polar surface area (TPSA) is 141 Å². The molecule has 2 aliphatic carbocycles.